The van der Waals surface area contributed by atoms with Gasteiger partial charge in [0.05, 0.1) is 28.3 Å². The number of carboxylic acid groups (broad SMARTS) is 1. The predicted molar refractivity (Wildman–Crippen MR) is 118 cm³/mol. The maximum Gasteiger partial charge on any atom is 0.336 e. The third kappa shape index (κ3) is 4.26. The number of nitrogens with zero attached hydrogens (tertiary/aromatic N) is 2. The Kier molecular flexibility index (Phi) is 5.93. The summed E-state index contributed by atoms with van der Waals surface area (Å²) < 4.78 is 33.1. The van der Waals surface area contributed by atoms with Crippen molar-refractivity contribution in [1.82, 2.24) is 9.29 Å². The van der Waals surface area contributed by atoms with E-state index in [1.807, 2.05) is 25.1 Å². The summed E-state index contributed by atoms with van der Waals surface area (Å²) >= 11 is 0. The van der Waals surface area contributed by atoms with Crippen LogP contribution in [0.5, 0.6) is 5.75 Å². The number of hydrogen-bond donors (Lipinski definition) is 1. The van der Waals surface area contributed by atoms with Gasteiger partial charge in [-0.1, -0.05) is 18.6 Å². The van der Waals surface area contributed by atoms with Crippen molar-refractivity contribution in [3.05, 3.63) is 54.1 Å². The molecule has 0 saturated carbocycles. The molecule has 4 rings (SSSR count). The number of carbonyl (C=O) groups is 1. The number of benzene rings is 2. The van der Waals surface area contributed by atoms with E-state index in [9.17, 15) is 18.3 Å². The quantitative estimate of drug-likeness (QED) is 0.618. The van der Waals surface area contributed by atoms with E-state index in [4.69, 9.17) is 4.74 Å². The average Bonchev–Trinajstić information content (AvgIpc) is 2.79. The van der Waals surface area contributed by atoms with Gasteiger partial charge < -0.3 is 9.84 Å². The van der Waals surface area contributed by atoms with Crippen LogP contribution in [0.2, 0.25) is 0 Å². The molecule has 0 aliphatic carbocycles. The highest BCUT2D eigenvalue weighted by Gasteiger charge is 2.27. The third-order valence-electron chi connectivity index (χ3n) is 5.40. The van der Waals surface area contributed by atoms with Crippen LogP contribution < -0.4 is 4.74 Å². The van der Waals surface area contributed by atoms with E-state index >= 15 is 0 Å². The lowest BCUT2D eigenvalue weighted by Gasteiger charge is -2.26. The van der Waals surface area contributed by atoms with E-state index in [-0.39, 0.29) is 10.5 Å². The lowest BCUT2D eigenvalue weighted by atomic mass is 10.0. The minimum absolute atomic E-state index is 0.0116. The highest BCUT2D eigenvalue weighted by atomic mass is 32.2. The lowest BCUT2D eigenvalue weighted by Crippen LogP contribution is -2.35. The summed E-state index contributed by atoms with van der Waals surface area (Å²) in [6.07, 6.45) is 2.68. The van der Waals surface area contributed by atoms with Crippen molar-refractivity contribution in [3.63, 3.8) is 0 Å². The molecular formula is C23H24N2O5S. The van der Waals surface area contributed by atoms with Gasteiger partial charge in [0, 0.05) is 24.0 Å². The van der Waals surface area contributed by atoms with Gasteiger partial charge in [0.2, 0.25) is 10.0 Å². The zero-order valence-corrected chi connectivity index (χ0v) is 18.1. The Morgan fingerprint density at radius 3 is 2.58 bits per heavy atom. The summed E-state index contributed by atoms with van der Waals surface area (Å²) in [5.41, 5.74) is 1.64. The number of aromatic carboxylic acids is 1. The zero-order valence-electron chi connectivity index (χ0n) is 17.2. The van der Waals surface area contributed by atoms with Gasteiger partial charge in [-0.05, 0) is 56.2 Å². The van der Waals surface area contributed by atoms with E-state index in [0.717, 1.165) is 24.8 Å². The van der Waals surface area contributed by atoms with Crippen LogP contribution in [0.25, 0.3) is 22.2 Å². The monoisotopic (exact) mass is 440 g/mol. The number of rotatable bonds is 6. The summed E-state index contributed by atoms with van der Waals surface area (Å²) in [4.78, 5) is 16.7. The number of hydrogen-bond acceptors (Lipinski definition) is 5. The Hall–Kier alpha value is -2.97. The topological polar surface area (TPSA) is 96.8 Å². The number of ether oxygens (including phenoxy) is 1. The second-order valence-electron chi connectivity index (χ2n) is 7.46. The number of aromatic nitrogens is 1. The summed E-state index contributed by atoms with van der Waals surface area (Å²) in [7, 11) is -3.67. The van der Waals surface area contributed by atoms with Gasteiger partial charge in [-0.3, -0.25) is 0 Å². The van der Waals surface area contributed by atoms with Crippen LogP contribution in [-0.2, 0) is 10.0 Å². The fraction of sp³-hybridized carbons (Fsp3) is 0.304. The van der Waals surface area contributed by atoms with E-state index in [1.165, 1.54) is 22.5 Å². The van der Waals surface area contributed by atoms with Gasteiger partial charge in [0.25, 0.3) is 0 Å². The molecule has 0 bridgehead atoms. The van der Waals surface area contributed by atoms with Crippen LogP contribution in [-0.4, -0.2) is 48.5 Å². The fourth-order valence-electron chi connectivity index (χ4n) is 3.86. The average molecular weight is 441 g/mol. The van der Waals surface area contributed by atoms with Crippen LogP contribution in [0.1, 0.15) is 36.5 Å². The number of pyridine rings is 1. The van der Waals surface area contributed by atoms with Gasteiger partial charge >= 0.3 is 5.97 Å². The summed E-state index contributed by atoms with van der Waals surface area (Å²) in [6.45, 7) is 3.38. The molecule has 0 radical (unpaired) electrons. The molecule has 0 atom stereocenters. The second-order valence-corrected chi connectivity index (χ2v) is 9.40. The molecular weight excluding hydrogens is 416 g/mol. The largest absolute Gasteiger partial charge is 0.494 e. The molecule has 0 unspecified atom stereocenters. The molecule has 0 spiro atoms. The maximum atomic E-state index is 13.0. The first-order chi connectivity index (χ1) is 14.9. The van der Waals surface area contributed by atoms with E-state index in [1.54, 1.807) is 12.1 Å². The van der Waals surface area contributed by atoms with Crippen LogP contribution in [0.3, 0.4) is 0 Å². The molecule has 1 fully saturated rings. The van der Waals surface area contributed by atoms with Crippen LogP contribution in [0, 0.1) is 0 Å². The Labute approximate surface area is 181 Å². The lowest BCUT2D eigenvalue weighted by molar-refractivity contribution is 0.0699. The summed E-state index contributed by atoms with van der Waals surface area (Å²) in [6, 6.07) is 13.3. The first-order valence-electron chi connectivity index (χ1n) is 10.3. The molecule has 2 aromatic carbocycles. The summed E-state index contributed by atoms with van der Waals surface area (Å²) in [5.74, 6) is -0.469. The van der Waals surface area contributed by atoms with Crippen LogP contribution in [0.4, 0.5) is 0 Å². The fourth-order valence-corrected chi connectivity index (χ4v) is 5.40. The number of piperidine rings is 1. The Balaban J connectivity index is 1.82. The first-order valence-corrected chi connectivity index (χ1v) is 11.8. The Morgan fingerprint density at radius 2 is 1.87 bits per heavy atom. The van der Waals surface area contributed by atoms with Crippen molar-refractivity contribution < 1.29 is 23.1 Å². The van der Waals surface area contributed by atoms with Gasteiger partial charge in [-0.15, -0.1) is 0 Å². The smallest absolute Gasteiger partial charge is 0.336 e. The van der Waals surface area contributed by atoms with Crippen molar-refractivity contribution in [2.24, 2.45) is 0 Å². The number of carboxylic acids is 1. The van der Waals surface area contributed by atoms with Crippen molar-refractivity contribution in [2.75, 3.05) is 19.7 Å². The molecule has 1 saturated heterocycles. The highest BCUT2D eigenvalue weighted by Crippen LogP contribution is 2.30. The zero-order chi connectivity index (χ0) is 22.0. The molecule has 1 aliphatic heterocycles. The molecule has 2 heterocycles. The SMILES string of the molecule is CCOc1cccc(-c2cc(C(=O)O)c3cc(S(=O)(=O)N4CCCCC4)ccc3n2)c1. The molecule has 1 N–H and O–H groups in total. The minimum Gasteiger partial charge on any atom is -0.494 e. The Morgan fingerprint density at radius 1 is 1.10 bits per heavy atom. The number of sulfonamides is 1. The van der Waals surface area contributed by atoms with Gasteiger partial charge in [0.1, 0.15) is 5.75 Å². The number of fused-ring (bicyclic) bond motifs is 1. The van der Waals surface area contributed by atoms with Crippen LogP contribution in [0.15, 0.2) is 53.4 Å². The summed E-state index contributed by atoms with van der Waals surface area (Å²) in [5, 5.41) is 10.1. The minimum atomic E-state index is -3.67. The van der Waals surface area contributed by atoms with Crippen molar-refractivity contribution >= 4 is 26.9 Å². The molecule has 7 nitrogen and oxygen atoms in total. The van der Waals surface area contributed by atoms with E-state index < -0.39 is 16.0 Å². The maximum absolute atomic E-state index is 13.0. The standard InChI is InChI=1S/C23H24N2O5S/c1-2-30-17-8-6-7-16(13-17)22-15-20(23(26)27)19-14-18(9-10-21(19)24-22)31(28,29)25-11-4-3-5-12-25/h6-10,13-15H,2-5,11-12H2,1H3,(H,26,27). The molecule has 0 amide bonds. The normalized spacial score (nSPS) is 15.1. The van der Waals surface area contributed by atoms with Gasteiger partial charge in [-0.25, -0.2) is 18.2 Å². The molecule has 3 aromatic rings. The van der Waals surface area contributed by atoms with Gasteiger partial charge in [0.15, 0.2) is 0 Å². The second kappa shape index (κ2) is 8.64. The molecule has 8 heteroatoms. The molecule has 162 valence electrons. The Bertz CT molecular complexity index is 1230. The molecule has 1 aliphatic rings. The van der Waals surface area contributed by atoms with Gasteiger partial charge in [-0.2, -0.15) is 4.31 Å². The molecule has 1 aromatic heterocycles. The van der Waals surface area contributed by atoms with Crippen molar-refractivity contribution in [3.8, 4) is 17.0 Å². The van der Waals surface area contributed by atoms with E-state index in [0.29, 0.717) is 42.0 Å². The van der Waals surface area contributed by atoms with Crippen molar-refractivity contribution in [1.29, 1.82) is 0 Å². The highest BCUT2D eigenvalue weighted by molar-refractivity contribution is 7.89. The first kappa shape index (κ1) is 21.3. The predicted octanol–water partition coefficient (Wildman–Crippen LogP) is 4.17. The molecule has 31 heavy (non-hydrogen) atoms. The van der Waals surface area contributed by atoms with Crippen molar-refractivity contribution in [2.45, 2.75) is 31.1 Å². The van der Waals surface area contributed by atoms with E-state index in [2.05, 4.69) is 4.98 Å². The third-order valence-corrected chi connectivity index (χ3v) is 7.30. The van der Waals surface area contributed by atoms with Crippen LogP contribution >= 0.6 is 0 Å².